The fourth-order valence-corrected chi connectivity index (χ4v) is 11.1. The smallest absolute Gasteiger partial charge is 0.207 e. The SMILES string of the molecule is C[Si+]1Cc2ccc3ccccc3c2-c2c(ccc3ccccc23)C1.Fc1c(F)c(F)c([B-](c2c(F)c(F)c(F)c(F)c2F)(c2c(F)c(F)c(F)c(F)c2F)c2c(F)c(F)c(F)c(F)c2F)c(F)c1F. The van der Waals surface area contributed by atoms with Crippen molar-refractivity contribution in [2.24, 2.45) is 0 Å². The molecule has 8 aromatic carbocycles. The number of rotatable bonds is 4. The van der Waals surface area contributed by atoms with Crippen molar-refractivity contribution in [1.29, 1.82) is 0 Å². The Morgan fingerprint density at radius 2 is 0.507 bits per heavy atom. The number of benzene rings is 8. The molecule has 9 rings (SSSR count). The Labute approximate surface area is 375 Å². The molecule has 0 N–H and O–H groups in total. The van der Waals surface area contributed by atoms with E-state index in [1.807, 2.05) is 0 Å². The van der Waals surface area contributed by atoms with E-state index >= 15 is 35.1 Å². The van der Waals surface area contributed by atoms with Crippen LogP contribution in [0.5, 0.6) is 0 Å². The quantitative estimate of drug-likeness (QED) is 0.0713. The average Bonchev–Trinajstić information content (AvgIpc) is 3.49. The highest BCUT2D eigenvalue weighted by Crippen LogP contribution is 2.42. The maximum Gasteiger partial charge on any atom is 0.320 e. The summed E-state index contributed by atoms with van der Waals surface area (Å²) >= 11 is 0. The second-order valence-electron chi connectivity index (χ2n) is 15.8. The number of hydrogen-bond donors (Lipinski definition) is 0. The monoisotopic (exact) mass is 1000 g/mol. The minimum atomic E-state index is -7.22. The number of halogens is 20. The molecular weight excluding hydrogens is 983 g/mol. The zero-order valence-electron chi connectivity index (χ0n) is 34.0. The highest BCUT2D eigenvalue weighted by molar-refractivity contribution is 7.20. The molecule has 0 fully saturated rings. The van der Waals surface area contributed by atoms with Crippen LogP contribution in [0.25, 0.3) is 32.7 Å². The summed E-state index contributed by atoms with van der Waals surface area (Å²) in [6.45, 7) is 2.48. The molecule has 0 spiro atoms. The van der Waals surface area contributed by atoms with Gasteiger partial charge in [0.15, 0.2) is 69.8 Å². The van der Waals surface area contributed by atoms with Gasteiger partial charge in [0.1, 0.15) is 52.7 Å². The average molecular weight is 1000 g/mol. The molecule has 1 aliphatic heterocycles. The topological polar surface area (TPSA) is 0 Å². The third-order valence-electron chi connectivity index (χ3n) is 12.0. The van der Waals surface area contributed by atoms with Crippen LogP contribution in [0.1, 0.15) is 11.1 Å². The minimum Gasteiger partial charge on any atom is -0.207 e. The fourth-order valence-electron chi connectivity index (χ4n) is 9.11. The van der Waals surface area contributed by atoms with E-state index in [0.717, 1.165) is 0 Å². The molecule has 1 heterocycles. The minimum absolute atomic E-state index is 0.388. The van der Waals surface area contributed by atoms with E-state index in [-0.39, 0.29) is 8.80 Å². The van der Waals surface area contributed by atoms with E-state index < -0.39 is 144 Å². The standard InChI is InChI=1S/C24BF20.C23H19Si/c26-5-1(6(27)14(35)21(42)13(5)34)25(2-7(28)15(36)22(43)16(37)8(2)29,3-9(30)17(38)23(44)18(39)10(3)31)4-11(32)19(40)24(45)20(41)12(4)33;1-24-14-18-12-10-16-6-2-4-8-20(16)22(18)23-19(15-24)13-11-17-7-3-5-9-21(17)23/h;2-13H,14-15H2,1H3/q-1;+1. The van der Waals surface area contributed by atoms with Crippen LogP contribution in [-0.2, 0) is 12.1 Å². The summed E-state index contributed by atoms with van der Waals surface area (Å²) in [6, 6.07) is 29.6. The lowest BCUT2D eigenvalue weighted by Gasteiger charge is -2.44. The zero-order chi connectivity index (χ0) is 50.5. The highest BCUT2D eigenvalue weighted by Gasteiger charge is 2.52. The van der Waals surface area contributed by atoms with Gasteiger partial charge in [-0.25, -0.2) is 87.8 Å². The first-order valence-corrected chi connectivity index (χ1v) is 22.0. The van der Waals surface area contributed by atoms with E-state index in [4.69, 9.17) is 0 Å². The van der Waals surface area contributed by atoms with Gasteiger partial charge >= 0.3 is 8.80 Å². The fraction of sp³-hybridized carbons (Fsp3) is 0.0638. The van der Waals surface area contributed by atoms with Gasteiger partial charge in [-0.15, -0.1) is 21.9 Å². The summed E-state index contributed by atoms with van der Waals surface area (Å²) in [6.07, 6.45) is -7.22. The summed E-state index contributed by atoms with van der Waals surface area (Å²) < 4.78 is 294. The van der Waals surface area contributed by atoms with Gasteiger partial charge in [-0.05, 0) is 43.8 Å². The van der Waals surface area contributed by atoms with E-state index in [2.05, 4.69) is 79.3 Å². The first kappa shape index (κ1) is 48.6. The Morgan fingerprint density at radius 3 is 0.754 bits per heavy atom. The molecule has 0 atom stereocenters. The number of fused-ring (bicyclic) bond motifs is 7. The van der Waals surface area contributed by atoms with Gasteiger partial charge in [-0.2, -0.15) is 0 Å². The van der Waals surface area contributed by atoms with Crippen molar-refractivity contribution in [3.05, 3.63) is 200 Å². The van der Waals surface area contributed by atoms with Crippen molar-refractivity contribution in [2.75, 3.05) is 0 Å². The number of hydrogen-bond acceptors (Lipinski definition) is 0. The summed E-state index contributed by atoms with van der Waals surface area (Å²) in [7, 11) is -0.388. The maximum absolute atomic E-state index is 15.4. The third-order valence-corrected chi connectivity index (χ3v) is 13.9. The van der Waals surface area contributed by atoms with Crippen molar-refractivity contribution in [3.63, 3.8) is 0 Å². The first-order chi connectivity index (χ1) is 32.5. The van der Waals surface area contributed by atoms with Crippen molar-refractivity contribution >= 4 is 58.3 Å². The lowest BCUT2D eigenvalue weighted by atomic mass is 9.12. The van der Waals surface area contributed by atoms with Gasteiger partial charge in [-0.1, -0.05) is 72.8 Å². The third kappa shape index (κ3) is 7.14. The molecule has 0 radical (unpaired) electrons. The molecule has 0 amide bonds. The highest BCUT2D eigenvalue weighted by atomic mass is 28.3. The molecule has 0 bridgehead atoms. The van der Waals surface area contributed by atoms with Crippen LogP contribution in [0.3, 0.4) is 0 Å². The van der Waals surface area contributed by atoms with Crippen molar-refractivity contribution < 1.29 is 87.8 Å². The van der Waals surface area contributed by atoms with Gasteiger partial charge in [0.05, 0.1) is 18.6 Å². The summed E-state index contributed by atoms with van der Waals surface area (Å²) in [5, 5.41) is 5.51. The Bertz CT molecular complexity index is 3020. The van der Waals surface area contributed by atoms with E-state index in [0.29, 0.717) is 0 Å². The van der Waals surface area contributed by atoms with Crippen LogP contribution in [0.4, 0.5) is 87.8 Å². The van der Waals surface area contributed by atoms with E-state index in [1.54, 1.807) is 11.1 Å². The Hall–Kier alpha value is -6.84. The van der Waals surface area contributed by atoms with E-state index in [9.17, 15) is 52.7 Å². The summed E-state index contributed by atoms with van der Waals surface area (Å²) in [5.74, 6) is -71.4. The molecule has 0 saturated carbocycles. The largest absolute Gasteiger partial charge is 0.320 e. The summed E-state index contributed by atoms with van der Waals surface area (Å²) in [5.41, 5.74) is -8.27. The van der Waals surface area contributed by atoms with Crippen LogP contribution in [0.15, 0.2) is 72.8 Å². The first-order valence-electron chi connectivity index (χ1n) is 19.6. The van der Waals surface area contributed by atoms with Gasteiger partial charge in [0, 0.05) is 0 Å². The van der Waals surface area contributed by atoms with Gasteiger partial charge in [0.25, 0.3) is 0 Å². The maximum atomic E-state index is 15.4. The molecule has 69 heavy (non-hydrogen) atoms. The normalized spacial score (nSPS) is 12.6. The lowest BCUT2D eigenvalue weighted by Crippen LogP contribution is -2.81. The molecule has 0 nitrogen and oxygen atoms in total. The van der Waals surface area contributed by atoms with Crippen LogP contribution < -0.4 is 21.9 Å². The van der Waals surface area contributed by atoms with Gasteiger partial charge in [0.2, 0.25) is 0 Å². The van der Waals surface area contributed by atoms with Crippen LogP contribution in [0, 0.1) is 116 Å². The second-order valence-corrected chi connectivity index (χ2v) is 18.4. The molecule has 22 heteroatoms. The molecule has 0 aromatic heterocycles. The van der Waals surface area contributed by atoms with E-state index in [1.165, 1.54) is 44.8 Å². The Kier molecular flexibility index (Phi) is 12.4. The molecule has 1 aliphatic rings. The van der Waals surface area contributed by atoms with Crippen molar-refractivity contribution in [1.82, 2.24) is 0 Å². The second kappa shape index (κ2) is 17.6. The molecule has 8 aromatic rings. The Balaban J connectivity index is 0.000000221. The van der Waals surface area contributed by atoms with Gasteiger partial charge < -0.3 is 0 Å². The predicted octanol–water partition coefficient (Wildman–Crippen LogP) is 11.8. The lowest BCUT2D eigenvalue weighted by molar-refractivity contribution is 0.378. The molecule has 354 valence electrons. The molecule has 0 unspecified atom stereocenters. The zero-order valence-corrected chi connectivity index (χ0v) is 35.0. The van der Waals surface area contributed by atoms with Crippen molar-refractivity contribution in [2.45, 2.75) is 18.6 Å². The Morgan fingerprint density at radius 1 is 0.290 bits per heavy atom. The summed E-state index contributed by atoms with van der Waals surface area (Å²) in [4.78, 5) is 0. The van der Waals surface area contributed by atoms with Crippen LogP contribution in [0.2, 0.25) is 6.55 Å². The van der Waals surface area contributed by atoms with Crippen LogP contribution in [-0.4, -0.2) is 14.9 Å². The predicted molar refractivity (Wildman–Crippen MR) is 215 cm³/mol. The molecule has 0 aliphatic carbocycles. The molecular formula is C47H19BF20Si. The van der Waals surface area contributed by atoms with Crippen LogP contribution >= 0.6 is 0 Å². The van der Waals surface area contributed by atoms with Crippen molar-refractivity contribution in [3.8, 4) is 11.1 Å². The van der Waals surface area contributed by atoms with Gasteiger partial charge in [-0.3, -0.25) is 0 Å². The molecule has 0 saturated heterocycles.